The van der Waals surface area contributed by atoms with E-state index in [1.165, 1.54) is 12.1 Å². The minimum Gasteiger partial charge on any atom is -0.350 e. The van der Waals surface area contributed by atoms with E-state index in [1.807, 2.05) is 0 Å². The SMILES string of the molecule is CC(C)(CN)NC(=O)CCNS(=O)(=O)c1ccc(Br)cc1. The van der Waals surface area contributed by atoms with Crippen molar-refractivity contribution in [2.75, 3.05) is 13.1 Å². The van der Waals surface area contributed by atoms with Gasteiger partial charge in [-0.05, 0) is 38.1 Å². The smallest absolute Gasteiger partial charge is 0.240 e. The van der Waals surface area contributed by atoms with Gasteiger partial charge in [-0.25, -0.2) is 13.1 Å². The largest absolute Gasteiger partial charge is 0.350 e. The Morgan fingerprint density at radius 1 is 1.29 bits per heavy atom. The van der Waals surface area contributed by atoms with Crippen molar-refractivity contribution in [2.24, 2.45) is 5.73 Å². The van der Waals surface area contributed by atoms with Crippen LogP contribution in [0.15, 0.2) is 33.6 Å². The quantitative estimate of drug-likeness (QED) is 0.658. The van der Waals surface area contributed by atoms with Crippen LogP contribution in [0.1, 0.15) is 20.3 Å². The molecule has 0 spiro atoms. The van der Waals surface area contributed by atoms with Crippen molar-refractivity contribution in [3.63, 3.8) is 0 Å². The molecule has 6 nitrogen and oxygen atoms in total. The number of nitrogens with one attached hydrogen (secondary N) is 2. The molecule has 1 amide bonds. The van der Waals surface area contributed by atoms with Gasteiger partial charge >= 0.3 is 0 Å². The molecule has 0 fully saturated rings. The molecule has 0 unspecified atom stereocenters. The molecule has 1 aromatic carbocycles. The molecule has 0 atom stereocenters. The first-order valence-corrected chi connectivity index (χ1v) is 8.70. The van der Waals surface area contributed by atoms with Gasteiger partial charge in [0, 0.05) is 29.5 Å². The number of hydrogen-bond acceptors (Lipinski definition) is 4. The van der Waals surface area contributed by atoms with Gasteiger partial charge in [0.1, 0.15) is 0 Å². The van der Waals surface area contributed by atoms with Crippen molar-refractivity contribution in [3.8, 4) is 0 Å². The highest BCUT2D eigenvalue weighted by Crippen LogP contribution is 2.14. The lowest BCUT2D eigenvalue weighted by Crippen LogP contribution is -2.49. The van der Waals surface area contributed by atoms with Crippen molar-refractivity contribution >= 4 is 31.9 Å². The predicted molar refractivity (Wildman–Crippen MR) is 85.2 cm³/mol. The van der Waals surface area contributed by atoms with Gasteiger partial charge in [-0.2, -0.15) is 0 Å². The fraction of sp³-hybridized carbons (Fsp3) is 0.462. The van der Waals surface area contributed by atoms with Crippen LogP contribution in [0.4, 0.5) is 0 Å². The van der Waals surface area contributed by atoms with Crippen molar-refractivity contribution < 1.29 is 13.2 Å². The van der Waals surface area contributed by atoms with Crippen molar-refractivity contribution in [1.29, 1.82) is 0 Å². The summed E-state index contributed by atoms with van der Waals surface area (Å²) in [5.74, 6) is -0.246. The Hall–Kier alpha value is -0.960. The standard InChI is InChI=1S/C13H20BrN3O3S/c1-13(2,9-15)17-12(18)7-8-16-21(19,20)11-5-3-10(14)4-6-11/h3-6,16H,7-9,15H2,1-2H3,(H,17,18). The molecule has 0 bridgehead atoms. The second kappa shape index (κ2) is 7.35. The second-order valence-electron chi connectivity index (χ2n) is 5.24. The highest BCUT2D eigenvalue weighted by molar-refractivity contribution is 9.10. The number of carbonyl (C=O) groups is 1. The summed E-state index contributed by atoms with van der Waals surface area (Å²) >= 11 is 3.24. The Balaban J connectivity index is 2.51. The van der Waals surface area contributed by atoms with E-state index in [9.17, 15) is 13.2 Å². The van der Waals surface area contributed by atoms with E-state index >= 15 is 0 Å². The van der Waals surface area contributed by atoms with Gasteiger partial charge in [0.05, 0.1) is 4.90 Å². The zero-order valence-corrected chi connectivity index (χ0v) is 14.4. The Morgan fingerprint density at radius 3 is 2.38 bits per heavy atom. The molecule has 0 heterocycles. The summed E-state index contributed by atoms with van der Waals surface area (Å²) in [6.45, 7) is 3.95. The Labute approximate surface area is 133 Å². The normalized spacial score (nSPS) is 12.2. The Morgan fingerprint density at radius 2 is 1.86 bits per heavy atom. The maximum absolute atomic E-state index is 12.0. The summed E-state index contributed by atoms with van der Waals surface area (Å²) < 4.78 is 27.2. The van der Waals surface area contributed by atoms with Gasteiger partial charge in [0.2, 0.25) is 15.9 Å². The predicted octanol–water partition coefficient (Wildman–Crippen LogP) is 0.971. The molecule has 1 aromatic rings. The molecule has 0 saturated heterocycles. The zero-order chi connectivity index (χ0) is 16.1. The average molecular weight is 378 g/mol. The van der Waals surface area contributed by atoms with Gasteiger partial charge in [-0.1, -0.05) is 15.9 Å². The molecule has 21 heavy (non-hydrogen) atoms. The van der Waals surface area contributed by atoms with Crippen LogP contribution in [0.3, 0.4) is 0 Å². The van der Waals surface area contributed by atoms with Crippen molar-refractivity contribution in [2.45, 2.75) is 30.7 Å². The fourth-order valence-corrected chi connectivity index (χ4v) is 2.78. The molecular formula is C13H20BrN3O3S. The van der Waals surface area contributed by atoms with Gasteiger partial charge in [0.15, 0.2) is 0 Å². The van der Waals surface area contributed by atoms with E-state index < -0.39 is 15.6 Å². The number of amides is 1. The molecule has 0 aliphatic carbocycles. The van der Waals surface area contributed by atoms with Crippen LogP contribution in [-0.2, 0) is 14.8 Å². The highest BCUT2D eigenvalue weighted by atomic mass is 79.9. The molecule has 118 valence electrons. The average Bonchev–Trinajstić information content (AvgIpc) is 2.38. The lowest BCUT2D eigenvalue weighted by atomic mass is 10.1. The van der Waals surface area contributed by atoms with Gasteiger partial charge < -0.3 is 11.1 Å². The molecule has 8 heteroatoms. The van der Waals surface area contributed by atoms with E-state index in [-0.39, 0.29) is 23.8 Å². The van der Waals surface area contributed by atoms with E-state index in [0.29, 0.717) is 6.54 Å². The first-order chi connectivity index (χ1) is 9.66. The highest BCUT2D eigenvalue weighted by Gasteiger charge is 2.19. The molecule has 0 aromatic heterocycles. The number of hydrogen-bond donors (Lipinski definition) is 3. The van der Waals surface area contributed by atoms with E-state index in [4.69, 9.17) is 5.73 Å². The monoisotopic (exact) mass is 377 g/mol. The van der Waals surface area contributed by atoms with Gasteiger partial charge in [0.25, 0.3) is 0 Å². The van der Waals surface area contributed by atoms with E-state index in [0.717, 1.165) is 4.47 Å². The summed E-state index contributed by atoms with van der Waals surface area (Å²) in [5.41, 5.74) is 5.01. The third-order valence-electron chi connectivity index (χ3n) is 2.76. The minimum absolute atomic E-state index is 0.0326. The molecule has 0 aliphatic rings. The lowest BCUT2D eigenvalue weighted by Gasteiger charge is -2.24. The number of benzene rings is 1. The summed E-state index contributed by atoms with van der Waals surface area (Å²) in [4.78, 5) is 11.8. The lowest BCUT2D eigenvalue weighted by molar-refractivity contribution is -0.122. The third kappa shape index (κ3) is 6.13. The van der Waals surface area contributed by atoms with E-state index in [1.54, 1.807) is 26.0 Å². The summed E-state index contributed by atoms with van der Waals surface area (Å²) in [6, 6.07) is 6.27. The van der Waals surface area contributed by atoms with Crippen molar-refractivity contribution in [3.05, 3.63) is 28.7 Å². The van der Waals surface area contributed by atoms with Crippen LogP contribution >= 0.6 is 15.9 Å². The van der Waals surface area contributed by atoms with Crippen LogP contribution in [-0.4, -0.2) is 33.0 Å². The van der Waals surface area contributed by atoms with Crippen LogP contribution in [0.2, 0.25) is 0 Å². The van der Waals surface area contributed by atoms with Crippen molar-refractivity contribution in [1.82, 2.24) is 10.0 Å². The maximum atomic E-state index is 12.0. The first kappa shape index (κ1) is 18.1. The summed E-state index contributed by atoms with van der Waals surface area (Å²) in [7, 11) is -3.60. The van der Waals surface area contributed by atoms with Crippen LogP contribution in [0.25, 0.3) is 0 Å². The summed E-state index contributed by atoms with van der Waals surface area (Å²) in [6.07, 6.45) is 0.0548. The molecule has 0 saturated carbocycles. The summed E-state index contributed by atoms with van der Waals surface area (Å²) in [5, 5.41) is 2.73. The topological polar surface area (TPSA) is 101 Å². The Kier molecular flexibility index (Phi) is 6.33. The number of carbonyl (C=O) groups excluding carboxylic acids is 1. The number of sulfonamides is 1. The Bertz CT molecular complexity index is 585. The molecule has 0 aliphatic heterocycles. The fourth-order valence-electron chi connectivity index (χ4n) is 1.49. The zero-order valence-electron chi connectivity index (χ0n) is 12.0. The molecule has 0 radical (unpaired) electrons. The molecular weight excluding hydrogens is 358 g/mol. The third-order valence-corrected chi connectivity index (χ3v) is 4.76. The number of rotatable bonds is 7. The van der Waals surface area contributed by atoms with Crippen LogP contribution in [0.5, 0.6) is 0 Å². The van der Waals surface area contributed by atoms with E-state index in [2.05, 4.69) is 26.0 Å². The van der Waals surface area contributed by atoms with Gasteiger partial charge in [-0.3, -0.25) is 4.79 Å². The van der Waals surface area contributed by atoms with Crippen LogP contribution in [0, 0.1) is 0 Å². The first-order valence-electron chi connectivity index (χ1n) is 6.42. The maximum Gasteiger partial charge on any atom is 0.240 e. The number of nitrogens with two attached hydrogens (primary N) is 1. The minimum atomic E-state index is -3.60. The second-order valence-corrected chi connectivity index (χ2v) is 7.92. The number of halogens is 1. The molecule has 1 rings (SSSR count). The van der Waals surface area contributed by atoms with Gasteiger partial charge in [-0.15, -0.1) is 0 Å². The van der Waals surface area contributed by atoms with Crippen LogP contribution < -0.4 is 15.8 Å². The molecule has 4 N–H and O–H groups in total.